The van der Waals surface area contributed by atoms with E-state index < -0.39 is 11.9 Å². The molecule has 0 aromatic heterocycles. The third-order valence-corrected chi connectivity index (χ3v) is 3.55. The van der Waals surface area contributed by atoms with Crippen LogP contribution < -0.4 is 5.32 Å². The topological polar surface area (TPSA) is 69.6 Å². The van der Waals surface area contributed by atoms with E-state index in [0.29, 0.717) is 18.2 Å². The number of rotatable bonds is 6. The number of carboxylic acid groups (broad SMARTS) is 1. The number of hydrogen-bond donors (Lipinski definition) is 2. The van der Waals surface area contributed by atoms with Gasteiger partial charge in [0, 0.05) is 19.1 Å². The highest BCUT2D eigenvalue weighted by Gasteiger charge is 2.32. The van der Waals surface area contributed by atoms with Gasteiger partial charge in [0.05, 0.1) is 5.92 Å². The summed E-state index contributed by atoms with van der Waals surface area (Å²) in [5, 5.41) is 12.0. The number of carbonyl (C=O) groups excluding carboxylic acids is 1. The second-order valence-electron chi connectivity index (χ2n) is 5.00. The van der Waals surface area contributed by atoms with Crippen molar-refractivity contribution in [1.29, 1.82) is 0 Å². The number of urea groups is 1. The number of aliphatic carboxylic acids is 1. The molecule has 0 spiro atoms. The Morgan fingerprint density at radius 1 is 1.35 bits per heavy atom. The number of carbonyl (C=O) groups is 2. The Kier molecular flexibility index (Phi) is 4.61. The van der Waals surface area contributed by atoms with Gasteiger partial charge < -0.3 is 15.3 Å². The fraction of sp³-hybridized carbons (Fsp3) is 0.467. The number of nitrogens with one attached hydrogen (secondary N) is 1. The maximum atomic E-state index is 12.0. The van der Waals surface area contributed by atoms with Gasteiger partial charge in [-0.3, -0.25) is 4.79 Å². The van der Waals surface area contributed by atoms with E-state index in [1.165, 1.54) is 0 Å². The Morgan fingerprint density at radius 3 is 2.50 bits per heavy atom. The van der Waals surface area contributed by atoms with E-state index >= 15 is 0 Å². The first-order valence-corrected chi connectivity index (χ1v) is 6.95. The van der Waals surface area contributed by atoms with E-state index in [0.717, 1.165) is 12.8 Å². The molecule has 1 atom stereocenters. The van der Waals surface area contributed by atoms with Crippen LogP contribution in [0.25, 0.3) is 0 Å². The van der Waals surface area contributed by atoms with Gasteiger partial charge in [-0.25, -0.2) is 4.79 Å². The van der Waals surface area contributed by atoms with E-state index in [-0.39, 0.29) is 12.6 Å². The summed E-state index contributed by atoms with van der Waals surface area (Å²) in [4.78, 5) is 25.1. The summed E-state index contributed by atoms with van der Waals surface area (Å²) in [6, 6.07) is 9.14. The first kappa shape index (κ1) is 14.4. The van der Waals surface area contributed by atoms with Crippen molar-refractivity contribution >= 4 is 12.0 Å². The zero-order valence-corrected chi connectivity index (χ0v) is 11.6. The lowest BCUT2D eigenvalue weighted by Crippen LogP contribution is -2.43. The summed E-state index contributed by atoms with van der Waals surface area (Å²) >= 11 is 0. The average Bonchev–Trinajstić information content (AvgIpc) is 3.25. The molecule has 5 nitrogen and oxygen atoms in total. The van der Waals surface area contributed by atoms with Crippen molar-refractivity contribution in [3.8, 4) is 0 Å². The summed E-state index contributed by atoms with van der Waals surface area (Å²) in [6.07, 6.45) is 2.09. The van der Waals surface area contributed by atoms with Crippen LogP contribution in [-0.4, -0.2) is 41.1 Å². The van der Waals surface area contributed by atoms with Crippen LogP contribution >= 0.6 is 0 Å². The zero-order valence-electron chi connectivity index (χ0n) is 11.6. The number of hydrogen-bond acceptors (Lipinski definition) is 2. The Labute approximate surface area is 118 Å². The van der Waals surface area contributed by atoms with Crippen molar-refractivity contribution in [3.05, 3.63) is 35.9 Å². The normalized spacial score (nSPS) is 15.4. The van der Waals surface area contributed by atoms with Crippen LogP contribution in [0.3, 0.4) is 0 Å². The minimum atomic E-state index is -0.925. The van der Waals surface area contributed by atoms with Crippen molar-refractivity contribution in [3.63, 3.8) is 0 Å². The third-order valence-electron chi connectivity index (χ3n) is 3.55. The molecule has 1 unspecified atom stereocenters. The first-order chi connectivity index (χ1) is 9.63. The van der Waals surface area contributed by atoms with E-state index in [4.69, 9.17) is 0 Å². The highest BCUT2D eigenvalue weighted by atomic mass is 16.4. The van der Waals surface area contributed by atoms with E-state index in [9.17, 15) is 14.7 Å². The van der Waals surface area contributed by atoms with Gasteiger partial charge in [0.1, 0.15) is 0 Å². The van der Waals surface area contributed by atoms with Gasteiger partial charge in [0.2, 0.25) is 0 Å². The zero-order chi connectivity index (χ0) is 14.5. The van der Waals surface area contributed by atoms with Gasteiger partial charge in [-0.15, -0.1) is 0 Å². The minimum absolute atomic E-state index is 0.113. The molecule has 0 heterocycles. The van der Waals surface area contributed by atoms with Crippen molar-refractivity contribution < 1.29 is 14.7 Å². The fourth-order valence-electron chi connectivity index (χ4n) is 2.28. The van der Waals surface area contributed by atoms with Crippen LogP contribution in [0.4, 0.5) is 4.79 Å². The third kappa shape index (κ3) is 3.50. The molecular weight excluding hydrogens is 256 g/mol. The van der Waals surface area contributed by atoms with Gasteiger partial charge in [-0.2, -0.15) is 0 Å². The average molecular weight is 276 g/mol. The van der Waals surface area contributed by atoms with Crippen LogP contribution in [0.5, 0.6) is 0 Å². The number of benzene rings is 1. The quantitative estimate of drug-likeness (QED) is 0.835. The minimum Gasteiger partial charge on any atom is -0.481 e. The smallest absolute Gasteiger partial charge is 0.317 e. The molecule has 1 saturated carbocycles. The van der Waals surface area contributed by atoms with Crippen molar-refractivity contribution in [2.75, 3.05) is 13.1 Å². The first-order valence-electron chi connectivity index (χ1n) is 6.95. The largest absolute Gasteiger partial charge is 0.481 e. The molecule has 0 saturated heterocycles. The summed E-state index contributed by atoms with van der Waals surface area (Å²) in [5.74, 6) is -1.64. The Morgan fingerprint density at radius 2 is 2.00 bits per heavy atom. The van der Waals surface area contributed by atoms with Crippen molar-refractivity contribution in [2.24, 2.45) is 0 Å². The Bertz CT molecular complexity index is 471. The molecule has 1 fully saturated rings. The van der Waals surface area contributed by atoms with Crippen LogP contribution in [0.2, 0.25) is 0 Å². The van der Waals surface area contributed by atoms with Crippen LogP contribution in [0.1, 0.15) is 31.2 Å². The molecule has 0 bridgehead atoms. The lowest BCUT2D eigenvalue weighted by molar-refractivity contribution is -0.138. The van der Waals surface area contributed by atoms with Gasteiger partial charge >= 0.3 is 12.0 Å². The van der Waals surface area contributed by atoms with E-state index in [1.54, 1.807) is 29.2 Å². The Balaban J connectivity index is 1.95. The second-order valence-corrected chi connectivity index (χ2v) is 5.00. The van der Waals surface area contributed by atoms with Crippen molar-refractivity contribution in [2.45, 2.75) is 31.7 Å². The number of nitrogens with zero attached hydrogens (tertiary/aromatic N) is 1. The highest BCUT2D eigenvalue weighted by molar-refractivity contribution is 5.79. The molecule has 2 N–H and O–H groups in total. The molecule has 20 heavy (non-hydrogen) atoms. The van der Waals surface area contributed by atoms with Gasteiger partial charge in [-0.1, -0.05) is 30.3 Å². The van der Waals surface area contributed by atoms with Gasteiger partial charge in [0.15, 0.2) is 0 Å². The molecule has 1 aliphatic carbocycles. The van der Waals surface area contributed by atoms with Gasteiger partial charge in [-0.05, 0) is 25.3 Å². The number of amides is 2. The maximum absolute atomic E-state index is 12.0. The van der Waals surface area contributed by atoms with E-state index in [1.807, 2.05) is 13.0 Å². The molecule has 1 aliphatic rings. The number of carboxylic acids is 1. The molecular formula is C15H20N2O3. The molecule has 2 rings (SSSR count). The van der Waals surface area contributed by atoms with E-state index in [2.05, 4.69) is 5.32 Å². The molecule has 1 aromatic rings. The van der Waals surface area contributed by atoms with Crippen LogP contribution in [0, 0.1) is 0 Å². The molecule has 108 valence electrons. The molecule has 2 amide bonds. The highest BCUT2D eigenvalue weighted by Crippen LogP contribution is 2.26. The summed E-state index contributed by atoms with van der Waals surface area (Å²) in [5.41, 5.74) is 0.703. The van der Waals surface area contributed by atoms with Crippen LogP contribution in [0.15, 0.2) is 30.3 Å². The molecule has 0 radical (unpaired) electrons. The fourth-order valence-corrected chi connectivity index (χ4v) is 2.28. The van der Waals surface area contributed by atoms with Crippen LogP contribution in [-0.2, 0) is 4.79 Å². The summed E-state index contributed by atoms with van der Waals surface area (Å²) in [7, 11) is 0. The molecule has 1 aromatic carbocycles. The molecule has 0 aliphatic heterocycles. The summed E-state index contributed by atoms with van der Waals surface area (Å²) < 4.78 is 0. The maximum Gasteiger partial charge on any atom is 0.317 e. The monoisotopic (exact) mass is 276 g/mol. The van der Waals surface area contributed by atoms with Crippen molar-refractivity contribution in [1.82, 2.24) is 10.2 Å². The predicted molar refractivity (Wildman–Crippen MR) is 75.6 cm³/mol. The van der Waals surface area contributed by atoms with Gasteiger partial charge in [0.25, 0.3) is 0 Å². The molecule has 5 heteroatoms. The SMILES string of the molecule is CCN(C(=O)NCC(C(=O)O)c1ccccc1)C1CC1. The summed E-state index contributed by atoms with van der Waals surface area (Å²) in [6.45, 7) is 2.70. The second kappa shape index (κ2) is 6.41. The predicted octanol–water partition coefficient (Wildman–Crippen LogP) is 2.05. The Hall–Kier alpha value is -2.04. The lowest BCUT2D eigenvalue weighted by Gasteiger charge is -2.22. The standard InChI is InChI=1S/C15H20N2O3/c1-2-17(12-8-9-12)15(20)16-10-13(14(18)19)11-6-4-3-5-7-11/h3-7,12-13H,2,8-10H2,1H3,(H,16,20)(H,18,19). The lowest BCUT2D eigenvalue weighted by atomic mass is 9.99.